The minimum Gasteiger partial charge on any atom is -0.508 e. The number of likely N-dealkylation sites (N-methyl/N-ethyl adjacent to an activating group) is 1. The number of aromatic hydroxyl groups is 1. The molecular formula is C28H27ClFN5O4. The van der Waals surface area contributed by atoms with Gasteiger partial charge in [0.2, 0.25) is 11.9 Å². The van der Waals surface area contributed by atoms with Crippen LogP contribution in [0, 0.1) is 5.82 Å². The third kappa shape index (κ3) is 4.48. The second kappa shape index (κ2) is 10.1. The van der Waals surface area contributed by atoms with Crippen LogP contribution < -0.4 is 9.80 Å². The lowest BCUT2D eigenvalue weighted by Crippen LogP contribution is -2.60. The molecule has 9 nitrogen and oxygen atoms in total. The van der Waals surface area contributed by atoms with E-state index in [0.717, 1.165) is 10.8 Å². The smallest absolute Gasteiger partial charge is 0.248 e. The third-order valence-corrected chi connectivity index (χ3v) is 7.80. The summed E-state index contributed by atoms with van der Waals surface area (Å²) in [7, 11) is 1.65. The molecule has 2 saturated heterocycles. The number of phenolic OH excluding ortho intramolecular Hbond substituents is 1. The molecule has 0 atom stereocenters. The van der Waals surface area contributed by atoms with Crippen molar-refractivity contribution in [2.24, 2.45) is 0 Å². The van der Waals surface area contributed by atoms with Gasteiger partial charge in [-0.05, 0) is 34.5 Å². The predicted octanol–water partition coefficient (Wildman–Crippen LogP) is 3.42. The van der Waals surface area contributed by atoms with Crippen LogP contribution in [0.1, 0.15) is 0 Å². The molecule has 2 aliphatic rings. The molecular weight excluding hydrogens is 525 g/mol. The number of carbonyl (C=O) groups is 1. The summed E-state index contributed by atoms with van der Waals surface area (Å²) in [5, 5.41) is 21.8. The van der Waals surface area contributed by atoms with Crippen LogP contribution in [-0.2, 0) is 9.53 Å². The highest BCUT2D eigenvalue weighted by atomic mass is 35.5. The Morgan fingerprint density at radius 3 is 2.62 bits per heavy atom. The van der Waals surface area contributed by atoms with Gasteiger partial charge in [0, 0.05) is 44.2 Å². The average Bonchev–Trinajstić information content (AvgIpc) is 2.92. The van der Waals surface area contributed by atoms with E-state index in [2.05, 4.69) is 4.98 Å². The minimum atomic E-state index is -0.601. The number of ether oxygens (including phenoxy) is 1. The molecule has 202 valence electrons. The van der Waals surface area contributed by atoms with Crippen LogP contribution in [0.4, 0.5) is 16.2 Å². The second-order valence-corrected chi connectivity index (χ2v) is 10.2. The molecule has 4 aromatic rings. The van der Waals surface area contributed by atoms with E-state index < -0.39 is 12.4 Å². The number of aromatic nitrogens is 2. The molecule has 0 aliphatic carbocycles. The highest BCUT2D eigenvalue weighted by Crippen LogP contribution is 2.42. The Morgan fingerprint density at radius 1 is 1.13 bits per heavy atom. The number of carbonyl (C=O) groups excluding carboxylic acids is 1. The first-order valence-corrected chi connectivity index (χ1v) is 13.1. The van der Waals surface area contributed by atoms with Crippen LogP contribution in [0.5, 0.6) is 5.75 Å². The number of benzene rings is 3. The molecule has 0 saturated carbocycles. The topological polar surface area (TPSA) is 102 Å². The monoisotopic (exact) mass is 551 g/mol. The Bertz CT molecular complexity index is 1590. The highest BCUT2D eigenvalue weighted by Gasteiger charge is 2.35. The highest BCUT2D eigenvalue weighted by molar-refractivity contribution is 6.35. The molecule has 0 radical (unpaired) electrons. The van der Waals surface area contributed by atoms with E-state index >= 15 is 4.39 Å². The van der Waals surface area contributed by atoms with Gasteiger partial charge in [-0.3, -0.25) is 4.79 Å². The van der Waals surface area contributed by atoms with E-state index in [1.54, 1.807) is 19.2 Å². The van der Waals surface area contributed by atoms with Gasteiger partial charge in [-0.1, -0.05) is 35.9 Å². The largest absolute Gasteiger partial charge is 0.508 e. The van der Waals surface area contributed by atoms with Crippen molar-refractivity contribution in [3.05, 3.63) is 53.3 Å². The molecule has 2 N–H and O–H groups in total. The third-order valence-electron chi connectivity index (χ3n) is 7.50. The lowest BCUT2D eigenvalue weighted by atomic mass is 9.96. The number of aliphatic hydroxyl groups is 1. The summed E-state index contributed by atoms with van der Waals surface area (Å²) in [5.41, 5.74) is 0.747. The Labute approximate surface area is 229 Å². The molecule has 3 heterocycles. The van der Waals surface area contributed by atoms with E-state index in [0.29, 0.717) is 62.1 Å². The second-order valence-electron chi connectivity index (χ2n) is 9.83. The average molecular weight is 552 g/mol. The molecule has 0 spiro atoms. The van der Waals surface area contributed by atoms with Crippen LogP contribution >= 0.6 is 11.6 Å². The van der Waals surface area contributed by atoms with Crippen molar-refractivity contribution in [3.8, 4) is 16.9 Å². The molecule has 0 unspecified atom stereocenters. The quantitative estimate of drug-likeness (QED) is 0.389. The molecule has 0 bridgehead atoms. The first-order valence-electron chi connectivity index (χ1n) is 12.7. The van der Waals surface area contributed by atoms with Crippen molar-refractivity contribution in [1.82, 2.24) is 14.9 Å². The van der Waals surface area contributed by atoms with Gasteiger partial charge in [-0.2, -0.15) is 4.98 Å². The molecule has 11 heteroatoms. The van der Waals surface area contributed by atoms with Crippen molar-refractivity contribution in [2.75, 3.05) is 62.8 Å². The number of amides is 1. The van der Waals surface area contributed by atoms with Crippen LogP contribution in [0.3, 0.4) is 0 Å². The summed E-state index contributed by atoms with van der Waals surface area (Å²) < 4.78 is 22.1. The fourth-order valence-corrected chi connectivity index (χ4v) is 5.55. The molecule has 1 aromatic heterocycles. The van der Waals surface area contributed by atoms with Crippen molar-refractivity contribution in [1.29, 1.82) is 0 Å². The van der Waals surface area contributed by atoms with Gasteiger partial charge in [0.25, 0.3) is 0 Å². The van der Waals surface area contributed by atoms with E-state index in [9.17, 15) is 15.0 Å². The van der Waals surface area contributed by atoms with Gasteiger partial charge in [0.05, 0.1) is 24.3 Å². The number of aliphatic hydroxyl groups excluding tert-OH is 1. The lowest BCUT2D eigenvalue weighted by molar-refractivity contribution is -0.135. The number of hydrogen-bond acceptors (Lipinski definition) is 8. The number of halogens is 2. The number of fused-ring (bicyclic) bond motifs is 2. The number of rotatable bonds is 5. The number of nitrogens with zero attached hydrogens (tertiary/aromatic N) is 5. The number of morpholine rings is 1. The summed E-state index contributed by atoms with van der Waals surface area (Å²) in [5.74, 6) is -0.0506. The molecule has 6 rings (SSSR count). The first-order chi connectivity index (χ1) is 18.9. The summed E-state index contributed by atoms with van der Waals surface area (Å²) in [6, 6.07) is 12.1. The molecule has 39 heavy (non-hydrogen) atoms. The number of anilines is 2. The van der Waals surface area contributed by atoms with Crippen LogP contribution in [-0.4, -0.2) is 90.1 Å². The zero-order valence-corrected chi connectivity index (χ0v) is 22.0. The Hall–Kier alpha value is -3.73. The SMILES string of the molecule is CN(C(=O)CO)C1CN(c2nc(N3CCOCC3)c3cc(Cl)c(-c4cc(O)cc5ccccc45)c(F)c3n2)C1. The van der Waals surface area contributed by atoms with Crippen molar-refractivity contribution in [3.63, 3.8) is 0 Å². The van der Waals surface area contributed by atoms with E-state index in [1.807, 2.05) is 34.1 Å². The standard InChI is InChI=1S/C28H27ClFN5O4/c1-33(23(38)15-36)17-13-35(14-17)28-31-26-21(27(32-28)34-6-8-39-9-7-34)12-22(29)24(25(26)30)20-11-18(37)10-16-4-2-3-5-19(16)20/h2-5,10-12,17,36-37H,6-9,13-15H2,1H3. The molecule has 2 fully saturated rings. The molecule has 1 amide bonds. The molecule has 3 aromatic carbocycles. The zero-order chi connectivity index (χ0) is 27.3. The predicted molar refractivity (Wildman–Crippen MR) is 148 cm³/mol. The summed E-state index contributed by atoms with van der Waals surface area (Å²) in [4.78, 5) is 26.8. The van der Waals surface area contributed by atoms with Crippen LogP contribution in [0.15, 0.2) is 42.5 Å². The summed E-state index contributed by atoms with van der Waals surface area (Å²) in [6.45, 7) is 2.55. The van der Waals surface area contributed by atoms with Crippen molar-refractivity contribution in [2.45, 2.75) is 6.04 Å². The normalized spacial score (nSPS) is 16.1. The van der Waals surface area contributed by atoms with Gasteiger partial charge in [-0.15, -0.1) is 0 Å². The van der Waals surface area contributed by atoms with Gasteiger partial charge in [-0.25, -0.2) is 9.37 Å². The Balaban J connectivity index is 1.50. The summed E-state index contributed by atoms with van der Waals surface area (Å²) in [6.07, 6.45) is 0. The molecule has 2 aliphatic heterocycles. The van der Waals surface area contributed by atoms with E-state index in [1.165, 1.54) is 11.0 Å². The fourth-order valence-electron chi connectivity index (χ4n) is 5.25. The minimum absolute atomic E-state index is 0.00446. The van der Waals surface area contributed by atoms with E-state index in [-0.39, 0.29) is 33.8 Å². The Morgan fingerprint density at radius 2 is 1.87 bits per heavy atom. The summed E-state index contributed by atoms with van der Waals surface area (Å²) >= 11 is 6.76. The van der Waals surface area contributed by atoms with Gasteiger partial charge in [0.1, 0.15) is 23.7 Å². The fraction of sp³-hybridized carbons (Fsp3) is 0.321. The maximum atomic E-state index is 16.5. The van der Waals surface area contributed by atoms with Crippen molar-refractivity contribution >= 4 is 50.9 Å². The number of hydrogen-bond donors (Lipinski definition) is 2. The zero-order valence-electron chi connectivity index (χ0n) is 21.3. The Kier molecular flexibility index (Phi) is 6.62. The maximum Gasteiger partial charge on any atom is 0.248 e. The van der Waals surface area contributed by atoms with Gasteiger partial charge < -0.3 is 29.6 Å². The number of phenols is 1. The first kappa shape index (κ1) is 25.5. The van der Waals surface area contributed by atoms with Gasteiger partial charge >= 0.3 is 0 Å². The van der Waals surface area contributed by atoms with Crippen LogP contribution in [0.25, 0.3) is 32.8 Å². The maximum absolute atomic E-state index is 16.5. The van der Waals surface area contributed by atoms with Gasteiger partial charge in [0.15, 0.2) is 5.82 Å². The lowest BCUT2D eigenvalue weighted by Gasteiger charge is -2.44. The van der Waals surface area contributed by atoms with E-state index in [4.69, 9.17) is 21.3 Å². The van der Waals surface area contributed by atoms with Crippen LogP contribution in [0.2, 0.25) is 5.02 Å². The van der Waals surface area contributed by atoms with Crippen molar-refractivity contribution < 1.29 is 24.1 Å².